The number of unbranched alkanes of at least 4 members (excludes halogenated alkanes) is 1. The highest BCUT2D eigenvalue weighted by Gasteiger charge is 2.29. The van der Waals surface area contributed by atoms with Crippen LogP contribution in [0.2, 0.25) is 6.32 Å². The van der Waals surface area contributed by atoms with Gasteiger partial charge in [0.2, 0.25) is 0 Å². The van der Waals surface area contributed by atoms with Crippen molar-refractivity contribution in [2.24, 2.45) is 0 Å². The monoisotopic (exact) mass is 541 g/mol. The summed E-state index contributed by atoms with van der Waals surface area (Å²) >= 11 is 3.56. The van der Waals surface area contributed by atoms with Crippen LogP contribution in [0.1, 0.15) is 12.8 Å². The number of fused-ring (bicyclic) bond motifs is 2. The van der Waals surface area contributed by atoms with Gasteiger partial charge in [-0.15, -0.1) is 23.1 Å². The number of rotatable bonds is 9. The van der Waals surface area contributed by atoms with Crippen LogP contribution in [0.5, 0.6) is 0 Å². The van der Waals surface area contributed by atoms with Gasteiger partial charge in [0.25, 0.3) is 0 Å². The lowest BCUT2D eigenvalue weighted by Gasteiger charge is -2.43. The van der Waals surface area contributed by atoms with Crippen LogP contribution in [0.3, 0.4) is 0 Å². The van der Waals surface area contributed by atoms with E-state index < -0.39 is 6.15 Å². The molecule has 6 aromatic rings. The second-order valence-electron chi connectivity index (χ2n) is 10.2. The van der Waals surface area contributed by atoms with Crippen molar-refractivity contribution in [1.29, 1.82) is 0 Å². The Balaban J connectivity index is 1.23. The fourth-order valence-corrected chi connectivity index (χ4v) is 8.04. The van der Waals surface area contributed by atoms with Crippen LogP contribution in [0.4, 0.5) is 0 Å². The Labute approximate surface area is 238 Å². The highest BCUT2D eigenvalue weighted by molar-refractivity contribution is 7.99. The summed E-state index contributed by atoms with van der Waals surface area (Å²) in [5.74, 6) is 1.03. The summed E-state index contributed by atoms with van der Waals surface area (Å²) in [6, 6.07) is 47.4. The molecule has 0 spiro atoms. The van der Waals surface area contributed by atoms with Crippen LogP contribution in [0, 0.1) is 0 Å². The van der Waals surface area contributed by atoms with E-state index in [0.717, 1.165) is 45.1 Å². The lowest BCUT2D eigenvalue weighted by Crippen LogP contribution is -2.66. The maximum Gasteiger partial charge on any atom is 0.195 e. The van der Waals surface area contributed by atoms with Crippen molar-refractivity contribution < 1.29 is 0 Å². The number of hydrogen-bond acceptors (Lipinski definition) is 3. The van der Waals surface area contributed by atoms with Gasteiger partial charge in [0.1, 0.15) is 0 Å². The van der Waals surface area contributed by atoms with Crippen LogP contribution in [-0.4, -0.2) is 11.9 Å². The fourth-order valence-electron chi connectivity index (χ4n) is 6.04. The number of hydrogen-bond donors (Lipinski definition) is 0. The van der Waals surface area contributed by atoms with Gasteiger partial charge >= 0.3 is 0 Å². The first-order valence-electron chi connectivity index (χ1n) is 13.7. The summed E-state index contributed by atoms with van der Waals surface area (Å²) in [4.78, 5) is 14.3. The Morgan fingerprint density at radius 1 is 0.564 bits per heavy atom. The van der Waals surface area contributed by atoms with E-state index in [0.29, 0.717) is 0 Å². The molecule has 0 aliphatic carbocycles. The molecule has 0 bridgehead atoms. The van der Waals surface area contributed by atoms with E-state index in [1.165, 1.54) is 21.3 Å². The zero-order valence-corrected chi connectivity index (χ0v) is 23.5. The molecule has 4 heteroatoms. The van der Waals surface area contributed by atoms with Gasteiger partial charge in [-0.2, -0.15) is 22.7 Å². The summed E-state index contributed by atoms with van der Waals surface area (Å²) < 4.78 is 2.11. The van der Waals surface area contributed by atoms with Crippen molar-refractivity contribution >= 4 is 65.8 Å². The summed E-state index contributed by atoms with van der Waals surface area (Å²) in [5.41, 5.74) is 4.33. The van der Waals surface area contributed by atoms with E-state index in [9.17, 15) is 4.79 Å². The van der Waals surface area contributed by atoms with Crippen molar-refractivity contribution in [3.8, 4) is 0 Å². The largest absolute Gasteiger partial charge is 0.289 e. The summed E-state index contributed by atoms with van der Waals surface area (Å²) in [6.07, 6.45) is 2.24. The molecule has 6 rings (SSSR count). The molecule has 0 fully saturated rings. The van der Waals surface area contributed by atoms with Gasteiger partial charge in [-0.3, -0.25) is 4.79 Å². The molecule has 1 heterocycles. The molecule has 0 saturated carbocycles. The van der Waals surface area contributed by atoms with Crippen LogP contribution in [-0.2, 0) is 0 Å². The first-order chi connectivity index (χ1) is 19.3. The summed E-state index contributed by atoms with van der Waals surface area (Å²) in [5, 5.41) is 1.65. The Morgan fingerprint density at radius 3 is 1.72 bits per heavy atom. The molecular weight excluding hydrogens is 511 g/mol. The molecule has 0 atom stereocenters. The first-order valence-corrected chi connectivity index (χ1v) is 15.5. The zero-order valence-electron chi connectivity index (χ0n) is 21.8. The van der Waals surface area contributed by atoms with E-state index in [1.807, 2.05) is 36.0 Å². The lowest BCUT2D eigenvalue weighted by atomic mass is 9.14. The van der Waals surface area contributed by atoms with E-state index in [-0.39, 0.29) is 5.43 Å². The van der Waals surface area contributed by atoms with E-state index in [1.54, 1.807) is 11.3 Å². The van der Waals surface area contributed by atoms with Gasteiger partial charge in [-0.25, -0.2) is 0 Å². The Kier molecular flexibility index (Phi) is 7.67. The van der Waals surface area contributed by atoms with E-state index in [2.05, 4.69) is 109 Å². The topological polar surface area (TPSA) is 17.1 Å². The molecule has 5 aromatic carbocycles. The minimum absolute atomic E-state index is 0.142. The molecule has 0 aliphatic heterocycles. The van der Waals surface area contributed by atoms with Crippen molar-refractivity contribution in [3.63, 3.8) is 0 Å². The SMILES string of the molecule is O=c1c2ccccc2sc2ccc(SCCCC[B-](c3ccccc3)(c3ccccc3)c3ccccc3)cc12. The molecule has 39 heavy (non-hydrogen) atoms. The Morgan fingerprint density at radius 2 is 1.10 bits per heavy atom. The third-order valence-corrected chi connectivity index (χ3v) is 10.2. The number of benzene rings is 5. The van der Waals surface area contributed by atoms with Gasteiger partial charge in [-0.1, -0.05) is 110 Å². The molecule has 0 unspecified atom stereocenters. The average molecular weight is 542 g/mol. The summed E-state index contributed by atoms with van der Waals surface area (Å²) in [6.45, 7) is 0. The molecule has 1 nitrogen and oxygen atoms in total. The normalized spacial score (nSPS) is 11.7. The fraction of sp³-hybridized carbons (Fsp3) is 0.114. The molecule has 0 N–H and O–H groups in total. The molecule has 192 valence electrons. The van der Waals surface area contributed by atoms with Crippen molar-refractivity contribution in [1.82, 2.24) is 0 Å². The molecular formula is C35H30BOS2-. The van der Waals surface area contributed by atoms with Crippen molar-refractivity contribution in [2.75, 3.05) is 5.75 Å². The minimum Gasteiger partial charge on any atom is -0.289 e. The van der Waals surface area contributed by atoms with Crippen LogP contribution in [0.25, 0.3) is 20.2 Å². The Bertz CT molecular complexity index is 1650. The van der Waals surface area contributed by atoms with Gasteiger partial charge in [-0.05, 0) is 42.5 Å². The molecule has 0 saturated heterocycles. The van der Waals surface area contributed by atoms with Crippen LogP contribution < -0.4 is 21.8 Å². The van der Waals surface area contributed by atoms with E-state index in [4.69, 9.17) is 0 Å². The third kappa shape index (κ3) is 5.19. The minimum atomic E-state index is -1.09. The maximum absolute atomic E-state index is 13.1. The molecule has 0 amide bonds. The maximum atomic E-state index is 13.1. The van der Waals surface area contributed by atoms with Crippen LogP contribution in [0.15, 0.2) is 143 Å². The molecule has 1 aromatic heterocycles. The number of thioether (sulfide) groups is 1. The predicted molar refractivity (Wildman–Crippen MR) is 174 cm³/mol. The van der Waals surface area contributed by atoms with Gasteiger partial charge in [0.15, 0.2) is 5.43 Å². The Hall–Kier alpha value is -3.60. The van der Waals surface area contributed by atoms with Gasteiger partial charge in [0, 0.05) is 25.1 Å². The molecule has 0 radical (unpaired) electrons. The van der Waals surface area contributed by atoms with Crippen molar-refractivity contribution in [3.05, 3.63) is 144 Å². The van der Waals surface area contributed by atoms with Crippen LogP contribution >= 0.6 is 23.1 Å². The standard InChI is InChI=1S/C35H30BOS2/c37-35-31-20-10-11-21-33(31)39-34-23-22-30(26-32(34)35)38-25-13-12-24-36(27-14-4-1-5-15-27,28-16-6-2-7-17-28)29-18-8-3-9-19-29/h1-11,14-23,26H,12-13,24-25H2/q-1. The second-order valence-corrected chi connectivity index (χ2v) is 12.5. The predicted octanol–water partition coefficient (Wildman–Crippen LogP) is 7.46. The summed E-state index contributed by atoms with van der Waals surface area (Å²) in [7, 11) is 0. The quantitative estimate of drug-likeness (QED) is 0.0818. The smallest absolute Gasteiger partial charge is 0.195 e. The van der Waals surface area contributed by atoms with Crippen molar-refractivity contribution in [2.45, 2.75) is 24.1 Å². The lowest BCUT2D eigenvalue weighted by molar-refractivity contribution is 0.884. The first kappa shape index (κ1) is 25.7. The second kappa shape index (κ2) is 11.7. The average Bonchev–Trinajstić information content (AvgIpc) is 3.01. The van der Waals surface area contributed by atoms with Gasteiger partial charge < -0.3 is 0 Å². The highest BCUT2D eigenvalue weighted by atomic mass is 32.2. The zero-order chi connectivity index (χ0) is 26.5. The third-order valence-electron chi connectivity index (χ3n) is 7.95. The highest BCUT2D eigenvalue weighted by Crippen LogP contribution is 2.29. The van der Waals surface area contributed by atoms with Gasteiger partial charge in [0.05, 0.1) is 6.15 Å². The molecule has 0 aliphatic rings. The van der Waals surface area contributed by atoms with E-state index >= 15 is 0 Å².